The number of hydrogen-bond acceptors (Lipinski definition) is 2. The van der Waals surface area contributed by atoms with Crippen molar-refractivity contribution in [2.45, 2.75) is 72.6 Å². The van der Waals surface area contributed by atoms with Crippen LogP contribution < -0.4 is 3.71 Å². The SMILES string of the molecule is CCC[CH2][Sn]([CH2]CCC)([CH2]CCC)[c]1cnc(C=O)[nH]1. The van der Waals surface area contributed by atoms with Gasteiger partial charge in [-0.3, -0.25) is 0 Å². The van der Waals surface area contributed by atoms with Crippen LogP contribution in [0.25, 0.3) is 0 Å². The van der Waals surface area contributed by atoms with Crippen molar-refractivity contribution in [3.63, 3.8) is 0 Å². The molecule has 0 spiro atoms. The molecule has 0 bridgehead atoms. The Morgan fingerprint density at radius 2 is 1.55 bits per heavy atom. The molecule has 0 saturated heterocycles. The van der Waals surface area contributed by atoms with E-state index in [0.717, 1.165) is 6.29 Å². The first-order valence-electron chi connectivity index (χ1n) is 8.23. The molecule has 1 N–H and O–H groups in total. The summed E-state index contributed by atoms with van der Waals surface area (Å²) in [7, 11) is 0. The molecule has 0 aliphatic heterocycles. The predicted octanol–water partition coefficient (Wildman–Crippen LogP) is 4.28. The van der Waals surface area contributed by atoms with Crippen LogP contribution in [0.15, 0.2) is 6.20 Å². The molecule has 1 aromatic heterocycles. The molecule has 114 valence electrons. The number of aromatic nitrogens is 2. The van der Waals surface area contributed by atoms with Crippen molar-refractivity contribution < 1.29 is 4.79 Å². The molecule has 4 heteroatoms. The van der Waals surface area contributed by atoms with Gasteiger partial charge in [0.2, 0.25) is 0 Å². The molecular weight excluding hydrogens is 355 g/mol. The van der Waals surface area contributed by atoms with Crippen LogP contribution in [0, 0.1) is 0 Å². The molecule has 1 rings (SSSR count). The maximum atomic E-state index is 10.9. The van der Waals surface area contributed by atoms with Crippen LogP contribution in [0.2, 0.25) is 13.3 Å². The Morgan fingerprint density at radius 3 is 1.90 bits per heavy atom. The van der Waals surface area contributed by atoms with Crippen LogP contribution >= 0.6 is 0 Å². The van der Waals surface area contributed by atoms with Crippen molar-refractivity contribution in [3.05, 3.63) is 12.0 Å². The van der Waals surface area contributed by atoms with Crippen LogP contribution in [0.3, 0.4) is 0 Å². The Kier molecular flexibility index (Phi) is 8.50. The molecule has 1 heterocycles. The van der Waals surface area contributed by atoms with Crippen molar-refractivity contribution in [2.24, 2.45) is 0 Å². The van der Waals surface area contributed by atoms with Gasteiger partial charge in [-0.25, -0.2) is 0 Å². The van der Waals surface area contributed by atoms with Gasteiger partial charge in [-0.1, -0.05) is 0 Å². The molecule has 3 nitrogen and oxygen atoms in total. The van der Waals surface area contributed by atoms with Gasteiger partial charge in [0.05, 0.1) is 0 Å². The summed E-state index contributed by atoms with van der Waals surface area (Å²) in [6, 6.07) is 0. The number of nitrogens with one attached hydrogen (secondary N) is 1. The number of aldehydes is 1. The van der Waals surface area contributed by atoms with Crippen molar-refractivity contribution in [1.29, 1.82) is 0 Å². The molecule has 0 atom stereocenters. The summed E-state index contributed by atoms with van der Waals surface area (Å²) in [6.07, 6.45) is 10.6. The monoisotopic (exact) mass is 386 g/mol. The third-order valence-electron chi connectivity index (χ3n) is 4.31. The number of hydrogen-bond donors (Lipinski definition) is 1. The second kappa shape index (κ2) is 9.59. The van der Waals surface area contributed by atoms with E-state index >= 15 is 0 Å². The summed E-state index contributed by atoms with van der Waals surface area (Å²) in [5, 5.41) is 0. The Bertz CT molecular complexity index is 368. The van der Waals surface area contributed by atoms with Gasteiger partial charge in [-0.2, -0.15) is 0 Å². The Morgan fingerprint density at radius 1 is 1.05 bits per heavy atom. The summed E-state index contributed by atoms with van der Waals surface area (Å²) in [4.78, 5) is 18.5. The average molecular weight is 385 g/mol. The summed E-state index contributed by atoms with van der Waals surface area (Å²) in [6.45, 7) is 6.83. The van der Waals surface area contributed by atoms with Gasteiger partial charge in [0.25, 0.3) is 0 Å². The Balaban J connectivity index is 3.00. The zero-order chi connectivity index (χ0) is 14.8. The number of carbonyl (C=O) groups excluding carboxylic acids is 1. The van der Waals surface area contributed by atoms with Gasteiger partial charge in [0.1, 0.15) is 0 Å². The molecule has 0 fully saturated rings. The minimum absolute atomic E-state index is 0.519. The van der Waals surface area contributed by atoms with E-state index in [1.54, 1.807) is 0 Å². The second-order valence-electron chi connectivity index (χ2n) is 5.89. The molecule has 0 saturated carbocycles. The van der Waals surface area contributed by atoms with E-state index in [-0.39, 0.29) is 0 Å². The fraction of sp³-hybridized carbons (Fsp3) is 0.750. The van der Waals surface area contributed by atoms with E-state index in [0.29, 0.717) is 5.82 Å². The predicted molar refractivity (Wildman–Crippen MR) is 88.5 cm³/mol. The zero-order valence-corrected chi connectivity index (χ0v) is 16.2. The van der Waals surface area contributed by atoms with Gasteiger partial charge < -0.3 is 0 Å². The van der Waals surface area contributed by atoms with E-state index in [1.165, 1.54) is 55.5 Å². The molecule has 0 aliphatic carbocycles. The van der Waals surface area contributed by atoms with E-state index in [4.69, 9.17) is 0 Å². The maximum absolute atomic E-state index is 10.9. The second-order valence-corrected chi connectivity index (χ2v) is 19.0. The number of rotatable bonds is 11. The van der Waals surface area contributed by atoms with Crippen LogP contribution in [-0.2, 0) is 0 Å². The van der Waals surface area contributed by atoms with Gasteiger partial charge in [-0.05, 0) is 0 Å². The average Bonchev–Trinajstić information content (AvgIpc) is 2.96. The summed E-state index contributed by atoms with van der Waals surface area (Å²) < 4.78 is 5.61. The van der Waals surface area contributed by atoms with E-state index < -0.39 is 18.4 Å². The number of unbranched alkanes of at least 4 members (excludes halogenated alkanes) is 3. The molecule has 1 aromatic rings. The summed E-state index contributed by atoms with van der Waals surface area (Å²) >= 11 is -2.38. The van der Waals surface area contributed by atoms with Gasteiger partial charge in [0, 0.05) is 0 Å². The van der Waals surface area contributed by atoms with E-state index in [1.807, 2.05) is 6.20 Å². The fourth-order valence-electron chi connectivity index (χ4n) is 2.99. The third-order valence-corrected chi connectivity index (χ3v) is 19.5. The van der Waals surface area contributed by atoms with Crippen molar-refractivity contribution in [2.75, 3.05) is 0 Å². The molecule has 0 amide bonds. The zero-order valence-electron chi connectivity index (χ0n) is 13.4. The van der Waals surface area contributed by atoms with Crippen molar-refractivity contribution in [3.8, 4) is 0 Å². The van der Waals surface area contributed by atoms with Gasteiger partial charge >= 0.3 is 128 Å². The first-order chi connectivity index (χ1) is 9.72. The summed E-state index contributed by atoms with van der Waals surface area (Å²) in [5.41, 5.74) is 0. The molecule has 0 aromatic carbocycles. The Hall–Kier alpha value is -0.321. The first-order valence-corrected chi connectivity index (χ1v) is 15.7. The Labute approximate surface area is 127 Å². The molecule has 0 radical (unpaired) electrons. The minimum atomic E-state index is -2.38. The number of nitrogens with zero attached hydrogens (tertiary/aromatic N) is 1. The standard InChI is InChI=1S/C4H3N2O.3C4H9.Sn/c7-3-4-5-1-2-6-4;3*1-3-4-2;/h1,3H,(H,5,6);3*1,3-4H2,2H3;. The van der Waals surface area contributed by atoms with Crippen LogP contribution in [0.5, 0.6) is 0 Å². The first kappa shape index (κ1) is 17.7. The normalized spacial score (nSPS) is 11.8. The molecular formula is C16H30N2OSn. The van der Waals surface area contributed by atoms with Crippen LogP contribution in [0.1, 0.15) is 69.9 Å². The quantitative estimate of drug-likeness (QED) is 0.457. The fourth-order valence-corrected chi connectivity index (χ4v) is 18.3. The van der Waals surface area contributed by atoms with Crippen molar-refractivity contribution in [1.82, 2.24) is 9.97 Å². The van der Waals surface area contributed by atoms with Crippen LogP contribution in [0.4, 0.5) is 0 Å². The summed E-state index contributed by atoms with van der Waals surface area (Å²) in [5.74, 6) is 0.519. The van der Waals surface area contributed by atoms with Gasteiger partial charge in [-0.15, -0.1) is 0 Å². The number of imidazole rings is 1. The van der Waals surface area contributed by atoms with E-state index in [2.05, 4.69) is 30.7 Å². The van der Waals surface area contributed by atoms with E-state index in [9.17, 15) is 4.79 Å². The van der Waals surface area contributed by atoms with Crippen molar-refractivity contribution >= 4 is 28.4 Å². The third kappa shape index (κ3) is 4.90. The number of H-pyrrole nitrogens is 1. The van der Waals surface area contributed by atoms with Crippen LogP contribution in [-0.4, -0.2) is 34.6 Å². The van der Waals surface area contributed by atoms with Gasteiger partial charge in [0.15, 0.2) is 0 Å². The molecule has 0 unspecified atom stereocenters. The topological polar surface area (TPSA) is 45.8 Å². The molecule has 20 heavy (non-hydrogen) atoms. The number of aromatic amines is 1. The number of carbonyl (C=O) groups is 1. The molecule has 0 aliphatic rings.